The topological polar surface area (TPSA) is 96.1 Å². The average molecular weight is 321 g/mol. The van der Waals surface area contributed by atoms with Gasteiger partial charge in [-0.2, -0.15) is 5.10 Å². The van der Waals surface area contributed by atoms with Crippen molar-refractivity contribution in [1.82, 2.24) is 15.5 Å². The Bertz CT molecular complexity index is 702. The van der Waals surface area contributed by atoms with Gasteiger partial charge in [-0.05, 0) is 23.8 Å². The van der Waals surface area contributed by atoms with Gasteiger partial charge in [-0.15, -0.1) is 0 Å². The number of benzene rings is 1. The van der Waals surface area contributed by atoms with Gasteiger partial charge in [0.25, 0.3) is 5.91 Å². The minimum absolute atomic E-state index is 0.138. The third kappa shape index (κ3) is 3.20. The number of nitrogens with zero attached hydrogens (tertiary/aromatic N) is 1. The van der Waals surface area contributed by atoms with E-state index < -0.39 is 6.10 Å². The highest BCUT2D eigenvalue weighted by Gasteiger charge is 2.29. The molecule has 7 nitrogen and oxygen atoms in total. The Morgan fingerprint density at radius 1 is 1.45 bits per heavy atom. The van der Waals surface area contributed by atoms with E-state index in [-0.39, 0.29) is 18.4 Å². The second-order valence-corrected chi connectivity index (χ2v) is 5.25. The Kier molecular flexibility index (Phi) is 3.97. The van der Waals surface area contributed by atoms with Gasteiger partial charge in [0, 0.05) is 17.6 Å². The lowest BCUT2D eigenvalue weighted by Crippen LogP contribution is -2.41. The number of anilines is 1. The van der Waals surface area contributed by atoms with Crippen LogP contribution in [0.1, 0.15) is 5.56 Å². The SMILES string of the molecule is O=C(CNC(=O)[C@H]1Cc2cc(Cl)ccc2O1)Nc1cn[nH]c1. The summed E-state index contributed by atoms with van der Waals surface area (Å²) in [6.07, 6.45) is 2.81. The summed E-state index contributed by atoms with van der Waals surface area (Å²) >= 11 is 5.90. The summed E-state index contributed by atoms with van der Waals surface area (Å²) in [6.45, 7) is -0.138. The van der Waals surface area contributed by atoms with Crippen molar-refractivity contribution in [1.29, 1.82) is 0 Å². The number of ether oxygens (including phenoxy) is 1. The second-order valence-electron chi connectivity index (χ2n) is 4.82. The standard InChI is InChI=1S/C14H13ClN4O3/c15-9-1-2-11-8(3-9)4-12(22-11)14(21)16-7-13(20)19-10-5-17-18-6-10/h1-3,5-6,12H,4,7H2,(H,16,21)(H,17,18)(H,19,20)/t12-/m1/s1. The lowest BCUT2D eigenvalue weighted by Gasteiger charge is -2.11. The van der Waals surface area contributed by atoms with Crippen molar-refractivity contribution >= 4 is 29.1 Å². The van der Waals surface area contributed by atoms with Crippen molar-refractivity contribution in [3.8, 4) is 5.75 Å². The molecule has 0 radical (unpaired) electrons. The number of aromatic nitrogens is 2. The van der Waals surface area contributed by atoms with E-state index in [0.29, 0.717) is 22.9 Å². The predicted molar refractivity (Wildman–Crippen MR) is 79.8 cm³/mol. The number of carbonyl (C=O) groups excluding carboxylic acids is 2. The van der Waals surface area contributed by atoms with Crippen LogP contribution < -0.4 is 15.4 Å². The van der Waals surface area contributed by atoms with Crippen LogP contribution in [-0.4, -0.2) is 34.7 Å². The Morgan fingerprint density at radius 2 is 2.32 bits per heavy atom. The summed E-state index contributed by atoms with van der Waals surface area (Å²) in [5, 5.41) is 12.0. The predicted octanol–water partition coefficient (Wildman–Crippen LogP) is 1.12. The Balaban J connectivity index is 1.50. The fourth-order valence-corrected chi connectivity index (χ4v) is 2.36. The molecule has 0 saturated heterocycles. The molecule has 114 valence electrons. The zero-order valence-electron chi connectivity index (χ0n) is 11.4. The average Bonchev–Trinajstić information content (AvgIpc) is 3.13. The summed E-state index contributed by atoms with van der Waals surface area (Å²) < 4.78 is 5.54. The van der Waals surface area contributed by atoms with E-state index in [0.717, 1.165) is 5.56 Å². The highest BCUT2D eigenvalue weighted by atomic mass is 35.5. The maximum atomic E-state index is 12.0. The number of hydrogen-bond donors (Lipinski definition) is 3. The number of carbonyl (C=O) groups is 2. The summed E-state index contributed by atoms with van der Waals surface area (Å²) in [6, 6.07) is 5.21. The molecule has 1 aromatic heterocycles. The van der Waals surface area contributed by atoms with Crippen LogP contribution in [0.15, 0.2) is 30.6 Å². The van der Waals surface area contributed by atoms with Crippen molar-refractivity contribution in [2.24, 2.45) is 0 Å². The summed E-state index contributed by atoms with van der Waals surface area (Å²) in [5.74, 6) is -0.0321. The monoisotopic (exact) mass is 320 g/mol. The first-order valence-electron chi connectivity index (χ1n) is 6.63. The van der Waals surface area contributed by atoms with E-state index >= 15 is 0 Å². The third-order valence-corrected chi connectivity index (χ3v) is 3.43. The summed E-state index contributed by atoms with van der Waals surface area (Å²) in [5.41, 5.74) is 1.42. The Morgan fingerprint density at radius 3 is 3.09 bits per heavy atom. The van der Waals surface area contributed by atoms with Crippen LogP contribution >= 0.6 is 11.6 Å². The quantitative estimate of drug-likeness (QED) is 0.786. The van der Waals surface area contributed by atoms with E-state index in [1.165, 1.54) is 6.20 Å². The molecule has 0 bridgehead atoms. The third-order valence-electron chi connectivity index (χ3n) is 3.19. The number of aromatic amines is 1. The molecule has 8 heteroatoms. The largest absolute Gasteiger partial charge is 0.480 e. The molecule has 1 aliphatic heterocycles. The molecule has 0 saturated carbocycles. The van der Waals surface area contributed by atoms with Crippen LogP contribution in [0, 0.1) is 0 Å². The van der Waals surface area contributed by atoms with Gasteiger partial charge in [0.1, 0.15) is 5.75 Å². The number of H-pyrrole nitrogens is 1. The molecule has 3 N–H and O–H groups in total. The van der Waals surface area contributed by atoms with Crippen LogP contribution in [0.3, 0.4) is 0 Å². The van der Waals surface area contributed by atoms with Crippen LogP contribution in [0.5, 0.6) is 5.75 Å². The van der Waals surface area contributed by atoms with Gasteiger partial charge in [-0.25, -0.2) is 0 Å². The minimum Gasteiger partial charge on any atom is -0.480 e. The molecule has 0 fully saturated rings. The molecule has 0 spiro atoms. The number of rotatable bonds is 4. The normalized spacial score (nSPS) is 15.8. The lowest BCUT2D eigenvalue weighted by molar-refractivity contribution is -0.129. The minimum atomic E-state index is -0.643. The first-order valence-corrected chi connectivity index (χ1v) is 7.01. The fourth-order valence-electron chi connectivity index (χ4n) is 2.17. The molecule has 1 aliphatic rings. The van der Waals surface area contributed by atoms with Crippen molar-refractivity contribution in [2.45, 2.75) is 12.5 Å². The van der Waals surface area contributed by atoms with E-state index in [9.17, 15) is 9.59 Å². The van der Waals surface area contributed by atoms with E-state index in [4.69, 9.17) is 16.3 Å². The summed E-state index contributed by atoms with van der Waals surface area (Å²) in [4.78, 5) is 23.7. The van der Waals surface area contributed by atoms with E-state index in [1.54, 1.807) is 24.4 Å². The molecular weight excluding hydrogens is 308 g/mol. The van der Waals surface area contributed by atoms with Gasteiger partial charge in [-0.3, -0.25) is 14.7 Å². The van der Waals surface area contributed by atoms with Crippen LogP contribution in [0.25, 0.3) is 0 Å². The fraction of sp³-hybridized carbons (Fsp3) is 0.214. The molecular formula is C14H13ClN4O3. The Labute approximate surface area is 131 Å². The highest BCUT2D eigenvalue weighted by molar-refractivity contribution is 6.30. The van der Waals surface area contributed by atoms with Crippen molar-refractivity contribution < 1.29 is 14.3 Å². The number of amides is 2. The molecule has 3 rings (SSSR count). The Hall–Kier alpha value is -2.54. The second kappa shape index (κ2) is 6.07. The molecule has 0 unspecified atom stereocenters. The molecule has 2 aromatic rings. The maximum Gasteiger partial charge on any atom is 0.261 e. The van der Waals surface area contributed by atoms with E-state index in [1.807, 2.05) is 0 Å². The van der Waals surface area contributed by atoms with Crippen molar-refractivity contribution in [3.63, 3.8) is 0 Å². The number of halogens is 1. The van der Waals surface area contributed by atoms with Crippen molar-refractivity contribution in [3.05, 3.63) is 41.2 Å². The summed E-state index contributed by atoms with van der Waals surface area (Å²) in [7, 11) is 0. The van der Waals surface area contributed by atoms with Crippen LogP contribution in [-0.2, 0) is 16.0 Å². The molecule has 0 aliphatic carbocycles. The molecule has 22 heavy (non-hydrogen) atoms. The zero-order chi connectivity index (χ0) is 15.5. The van der Waals surface area contributed by atoms with Gasteiger partial charge in [0.15, 0.2) is 6.10 Å². The number of nitrogens with one attached hydrogen (secondary N) is 3. The van der Waals surface area contributed by atoms with Crippen LogP contribution in [0.4, 0.5) is 5.69 Å². The van der Waals surface area contributed by atoms with Gasteiger partial charge in [-0.1, -0.05) is 11.6 Å². The van der Waals surface area contributed by atoms with E-state index in [2.05, 4.69) is 20.8 Å². The smallest absolute Gasteiger partial charge is 0.261 e. The number of fused-ring (bicyclic) bond motifs is 1. The molecule has 2 heterocycles. The first-order chi connectivity index (χ1) is 10.6. The molecule has 2 amide bonds. The number of hydrogen-bond acceptors (Lipinski definition) is 4. The first kappa shape index (κ1) is 14.4. The van der Waals surface area contributed by atoms with Crippen LogP contribution in [0.2, 0.25) is 5.02 Å². The highest BCUT2D eigenvalue weighted by Crippen LogP contribution is 2.31. The van der Waals surface area contributed by atoms with Gasteiger partial charge >= 0.3 is 0 Å². The molecule has 1 atom stereocenters. The van der Waals surface area contributed by atoms with Crippen molar-refractivity contribution in [2.75, 3.05) is 11.9 Å². The van der Waals surface area contributed by atoms with Gasteiger partial charge < -0.3 is 15.4 Å². The van der Waals surface area contributed by atoms with Gasteiger partial charge in [0.2, 0.25) is 5.91 Å². The lowest BCUT2D eigenvalue weighted by atomic mass is 10.1. The zero-order valence-corrected chi connectivity index (χ0v) is 12.2. The maximum absolute atomic E-state index is 12.0. The van der Waals surface area contributed by atoms with Gasteiger partial charge in [0.05, 0.1) is 18.4 Å². The molecule has 1 aromatic carbocycles.